The molecule has 5 heteroatoms. The molecule has 24 heavy (non-hydrogen) atoms. The molecule has 0 N–H and O–H groups in total. The van der Waals surface area contributed by atoms with Crippen molar-refractivity contribution in [3.8, 4) is 0 Å². The molecule has 0 spiro atoms. The van der Waals surface area contributed by atoms with Crippen LogP contribution in [0.4, 0.5) is 4.39 Å². The zero-order chi connectivity index (χ0) is 16.8. The number of piperidine rings is 1. The number of morpholine rings is 1. The van der Waals surface area contributed by atoms with Gasteiger partial charge >= 0.3 is 0 Å². The second-order valence-corrected chi connectivity index (χ2v) is 7.91. The van der Waals surface area contributed by atoms with Gasteiger partial charge in [-0.15, -0.1) is 0 Å². The summed E-state index contributed by atoms with van der Waals surface area (Å²) in [4.78, 5) is 16.8. The minimum absolute atomic E-state index is 0.243. The number of carbonyl (C=O) groups excluding carboxylic acids is 1. The molecule has 1 aliphatic carbocycles. The average molecular weight is 340 g/mol. The first-order valence-electron chi connectivity index (χ1n) is 9.95. The van der Waals surface area contributed by atoms with Crippen LogP contribution in [-0.2, 0) is 9.53 Å². The highest BCUT2D eigenvalue weighted by molar-refractivity contribution is 5.80. The van der Waals surface area contributed by atoms with Crippen LogP contribution >= 0.6 is 0 Å². The smallest absolute Gasteiger partial charge is 0.257 e. The lowest BCUT2D eigenvalue weighted by Crippen LogP contribution is -2.48. The van der Waals surface area contributed by atoms with Crippen LogP contribution in [0.1, 0.15) is 51.4 Å². The molecular formula is C19H33FN2O2. The van der Waals surface area contributed by atoms with Crippen molar-refractivity contribution in [1.82, 2.24) is 9.80 Å². The summed E-state index contributed by atoms with van der Waals surface area (Å²) >= 11 is 0. The van der Waals surface area contributed by atoms with Crippen molar-refractivity contribution in [2.24, 2.45) is 11.8 Å². The summed E-state index contributed by atoms with van der Waals surface area (Å²) in [5.74, 6) is 0.668. The van der Waals surface area contributed by atoms with Gasteiger partial charge in [0.25, 0.3) is 5.91 Å². The van der Waals surface area contributed by atoms with E-state index in [9.17, 15) is 9.18 Å². The number of carbonyl (C=O) groups is 1. The van der Waals surface area contributed by atoms with Crippen molar-refractivity contribution in [2.45, 2.75) is 57.5 Å². The summed E-state index contributed by atoms with van der Waals surface area (Å²) in [6.45, 7) is 6.08. The minimum Gasteiger partial charge on any atom is -0.379 e. The Morgan fingerprint density at radius 2 is 1.71 bits per heavy atom. The normalized spacial score (nSPS) is 28.7. The zero-order valence-corrected chi connectivity index (χ0v) is 14.9. The second kappa shape index (κ2) is 9.14. The van der Waals surface area contributed by atoms with Gasteiger partial charge in [0, 0.05) is 32.7 Å². The molecule has 1 saturated carbocycles. The highest BCUT2D eigenvalue weighted by Gasteiger charge is 2.31. The number of nitrogens with zero attached hydrogens (tertiary/aromatic N) is 2. The number of likely N-dealkylation sites (tertiary alicyclic amines) is 1. The van der Waals surface area contributed by atoms with Crippen molar-refractivity contribution < 1.29 is 13.9 Å². The van der Waals surface area contributed by atoms with E-state index in [0.717, 1.165) is 71.6 Å². The number of amides is 1. The van der Waals surface area contributed by atoms with E-state index in [2.05, 4.69) is 4.90 Å². The first kappa shape index (κ1) is 18.1. The number of ether oxygens (including phenoxy) is 1. The lowest BCUT2D eigenvalue weighted by atomic mass is 9.85. The lowest BCUT2D eigenvalue weighted by Gasteiger charge is -2.37. The Morgan fingerprint density at radius 3 is 2.46 bits per heavy atom. The van der Waals surface area contributed by atoms with Crippen molar-refractivity contribution in [3.63, 3.8) is 0 Å². The summed E-state index contributed by atoms with van der Waals surface area (Å²) in [5, 5.41) is 0. The van der Waals surface area contributed by atoms with Crippen molar-refractivity contribution in [3.05, 3.63) is 0 Å². The molecule has 0 bridgehead atoms. The van der Waals surface area contributed by atoms with Gasteiger partial charge in [0.2, 0.25) is 0 Å². The van der Waals surface area contributed by atoms with Gasteiger partial charge in [-0.3, -0.25) is 9.69 Å². The Bertz CT molecular complexity index is 395. The highest BCUT2D eigenvalue weighted by Crippen LogP contribution is 2.29. The summed E-state index contributed by atoms with van der Waals surface area (Å²) in [6.07, 6.45) is 7.22. The number of halogens is 1. The third-order valence-electron chi connectivity index (χ3n) is 5.98. The number of alkyl halides is 1. The van der Waals surface area contributed by atoms with E-state index >= 15 is 0 Å². The zero-order valence-electron chi connectivity index (χ0n) is 14.9. The molecule has 3 rings (SSSR count). The summed E-state index contributed by atoms with van der Waals surface area (Å²) < 4.78 is 19.9. The van der Waals surface area contributed by atoms with Gasteiger partial charge in [0.1, 0.15) is 0 Å². The van der Waals surface area contributed by atoms with Crippen LogP contribution in [-0.4, -0.2) is 67.8 Å². The number of hydrogen-bond acceptors (Lipinski definition) is 3. The molecule has 0 aromatic rings. The summed E-state index contributed by atoms with van der Waals surface area (Å²) in [6, 6.07) is 0. The molecule has 2 saturated heterocycles. The molecule has 3 aliphatic rings. The van der Waals surface area contributed by atoms with Crippen LogP contribution in [0, 0.1) is 11.8 Å². The van der Waals surface area contributed by atoms with E-state index in [1.54, 1.807) is 0 Å². The van der Waals surface area contributed by atoms with Crippen LogP contribution in [0.25, 0.3) is 0 Å². The molecule has 2 aliphatic heterocycles. The van der Waals surface area contributed by atoms with Crippen LogP contribution in [0.3, 0.4) is 0 Å². The molecule has 138 valence electrons. The Morgan fingerprint density at radius 1 is 1.00 bits per heavy atom. The van der Waals surface area contributed by atoms with E-state index in [0.29, 0.717) is 18.3 Å². The van der Waals surface area contributed by atoms with Gasteiger partial charge in [-0.1, -0.05) is 32.1 Å². The van der Waals surface area contributed by atoms with E-state index < -0.39 is 6.17 Å². The topological polar surface area (TPSA) is 32.8 Å². The second-order valence-electron chi connectivity index (χ2n) is 7.91. The molecule has 0 aromatic heterocycles. The quantitative estimate of drug-likeness (QED) is 0.771. The predicted molar refractivity (Wildman–Crippen MR) is 92.7 cm³/mol. The molecule has 0 radical (unpaired) electrons. The fourth-order valence-corrected chi connectivity index (χ4v) is 4.58. The first-order chi connectivity index (χ1) is 11.7. The van der Waals surface area contributed by atoms with Crippen LogP contribution in [0.5, 0.6) is 0 Å². The molecule has 2 heterocycles. The molecule has 2 unspecified atom stereocenters. The van der Waals surface area contributed by atoms with E-state index in [-0.39, 0.29) is 5.91 Å². The minimum atomic E-state index is -1.28. The fourth-order valence-electron chi connectivity index (χ4n) is 4.58. The van der Waals surface area contributed by atoms with E-state index in [4.69, 9.17) is 4.74 Å². The van der Waals surface area contributed by atoms with Crippen LogP contribution in [0.15, 0.2) is 0 Å². The maximum atomic E-state index is 14.5. The predicted octanol–water partition coefficient (Wildman–Crippen LogP) is 2.87. The molecule has 4 nitrogen and oxygen atoms in total. The Kier molecular flexibility index (Phi) is 6.90. The van der Waals surface area contributed by atoms with Crippen LogP contribution in [0.2, 0.25) is 0 Å². The summed E-state index contributed by atoms with van der Waals surface area (Å²) in [5.41, 5.74) is 0. The molecule has 2 atom stereocenters. The molecule has 0 aromatic carbocycles. The summed E-state index contributed by atoms with van der Waals surface area (Å²) in [7, 11) is 0. The molecule has 1 amide bonds. The Labute approximate surface area is 145 Å². The Balaban J connectivity index is 1.44. The van der Waals surface area contributed by atoms with Gasteiger partial charge in [-0.25, -0.2) is 4.39 Å². The average Bonchev–Trinajstić information content (AvgIpc) is 2.63. The maximum absolute atomic E-state index is 14.5. The molecule has 3 fully saturated rings. The third kappa shape index (κ3) is 5.16. The largest absolute Gasteiger partial charge is 0.379 e. The van der Waals surface area contributed by atoms with Gasteiger partial charge < -0.3 is 9.64 Å². The van der Waals surface area contributed by atoms with Crippen molar-refractivity contribution in [1.29, 1.82) is 0 Å². The number of rotatable bonds is 5. The van der Waals surface area contributed by atoms with E-state index in [1.165, 1.54) is 19.3 Å². The van der Waals surface area contributed by atoms with Gasteiger partial charge in [-0.2, -0.15) is 0 Å². The van der Waals surface area contributed by atoms with Crippen molar-refractivity contribution >= 4 is 5.91 Å². The van der Waals surface area contributed by atoms with E-state index in [1.807, 2.05) is 4.90 Å². The standard InChI is InChI=1S/C19H33FN2O2/c20-18(13-16-5-2-1-3-6-16)19(23)22-8-4-7-17(15-22)14-21-9-11-24-12-10-21/h16-18H,1-15H2. The maximum Gasteiger partial charge on any atom is 0.257 e. The highest BCUT2D eigenvalue weighted by atomic mass is 19.1. The monoisotopic (exact) mass is 340 g/mol. The van der Waals surface area contributed by atoms with Gasteiger partial charge in [0.05, 0.1) is 13.2 Å². The number of hydrogen-bond donors (Lipinski definition) is 0. The first-order valence-corrected chi connectivity index (χ1v) is 9.95. The van der Waals surface area contributed by atoms with Crippen LogP contribution < -0.4 is 0 Å². The lowest BCUT2D eigenvalue weighted by molar-refractivity contribution is -0.139. The third-order valence-corrected chi connectivity index (χ3v) is 5.98. The van der Waals surface area contributed by atoms with Crippen molar-refractivity contribution in [2.75, 3.05) is 45.9 Å². The van der Waals surface area contributed by atoms with Gasteiger partial charge in [-0.05, 0) is 31.1 Å². The molecular weight excluding hydrogens is 307 g/mol. The van der Waals surface area contributed by atoms with Gasteiger partial charge in [0.15, 0.2) is 6.17 Å². The SMILES string of the molecule is O=C(C(F)CC1CCCCC1)N1CCCC(CN2CCOCC2)C1. The fraction of sp³-hybridized carbons (Fsp3) is 0.947. The Hall–Kier alpha value is -0.680.